The Kier molecular flexibility index (Phi) is 8.81. The van der Waals surface area contributed by atoms with Gasteiger partial charge in [0.15, 0.2) is 5.96 Å². The molecule has 2 aliphatic rings. The molecule has 2 saturated heterocycles. The van der Waals surface area contributed by atoms with E-state index in [2.05, 4.69) is 17.2 Å². The molecule has 0 aromatic carbocycles. The van der Waals surface area contributed by atoms with Crippen LogP contribution in [0.25, 0.3) is 0 Å². The summed E-state index contributed by atoms with van der Waals surface area (Å²) in [6, 6.07) is 0.290. The molecule has 0 radical (unpaired) electrons. The van der Waals surface area contributed by atoms with Gasteiger partial charge in [-0.1, -0.05) is 0 Å². The minimum atomic E-state index is -0.214. The maximum atomic E-state index is 11.6. The molecular weight excluding hydrogens is 427 g/mol. The average molecular weight is 456 g/mol. The maximum Gasteiger partial charge on any atom is 0.409 e. The van der Waals surface area contributed by atoms with E-state index in [-0.39, 0.29) is 34.8 Å². The minimum absolute atomic E-state index is 0. The number of carbonyl (C=O) groups is 1. The molecule has 1 atom stereocenters. The van der Waals surface area contributed by atoms with E-state index in [0.717, 1.165) is 19.4 Å². The molecular formula is C15H29IN4O2S. The topological polar surface area (TPSA) is 80.0 Å². The molecule has 0 bridgehead atoms. The van der Waals surface area contributed by atoms with Gasteiger partial charge in [-0.3, -0.25) is 4.99 Å². The molecule has 1 unspecified atom stereocenters. The number of nitrogens with zero attached hydrogens (tertiary/aromatic N) is 2. The lowest BCUT2D eigenvalue weighted by Crippen LogP contribution is -2.48. The van der Waals surface area contributed by atoms with Gasteiger partial charge in [0, 0.05) is 23.9 Å². The van der Waals surface area contributed by atoms with Gasteiger partial charge in [-0.05, 0) is 45.3 Å². The number of hydrogen-bond acceptors (Lipinski definition) is 4. The Labute approximate surface area is 160 Å². The third-order valence-corrected chi connectivity index (χ3v) is 5.78. The summed E-state index contributed by atoms with van der Waals surface area (Å²) >= 11 is 1.99. The molecule has 3 N–H and O–H groups in total. The number of rotatable bonds is 4. The molecule has 0 spiro atoms. The van der Waals surface area contributed by atoms with Crippen molar-refractivity contribution in [3.8, 4) is 0 Å². The number of halogens is 1. The molecule has 0 saturated carbocycles. The molecule has 6 nitrogen and oxygen atoms in total. The predicted octanol–water partition coefficient (Wildman–Crippen LogP) is 2.42. The largest absolute Gasteiger partial charge is 0.450 e. The van der Waals surface area contributed by atoms with Gasteiger partial charge >= 0.3 is 6.09 Å². The lowest BCUT2D eigenvalue weighted by atomic mass is 10.1. The lowest BCUT2D eigenvalue weighted by molar-refractivity contribution is 0.0963. The van der Waals surface area contributed by atoms with Crippen LogP contribution in [0.1, 0.15) is 39.5 Å². The summed E-state index contributed by atoms with van der Waals surface area (Å²) in [6.07, 6.45) is 4.03. The molecule has 2 heterocycles. The molecule has 1 amide bonds. The molecule has 0 aliphatic carbocycles. The fraction of sp³-hybridized carbons (Fsp3) is 0.867. The molecule has 23 heavy (non-hydrogen) atoms. The van der Waals surface area contributed by atoms with Crippen molar-refractivity contribution in [3.63, 3.8) is 0 Å². The number of piperidine rings is 1. The number of hydrogen-bond donors (Lipinski definition) is 2. The van der Waals surface area contributed by atoms with Crippen molar-refractivity contribution in [2.24, 2.45) is 10.7 Å². The fourth-order valence-corrected chi connectivity index (χ4v) is 4.12. The van der Waals surface area contributed by atoms with Gasteiger partial charge in [-0.25, -0.2) is 4.79 Å². The number of amides is 1. The van der Waals surface area contributed by atoms with E-state index < -0.39 is 0 Å². The average Bonchev–Trinajstić information content (AvgIpc) is 2.94. The first kappa shape index (κ1) is 20.7. The highest BCUT2D eigenvalue weighted by Gasteiger charge is 2.29. The normalized spacial score (nSPS) is 25.8. The second-order valence-corrected chi connectivity index (χ2v) is 7.89. The number of guanidine groups is 1. The Balaban J connectivity index is 0.00000264. The summed E-state index contributed by atoms with van der Waals surface area (Å²) in [6.45, 7) is 6.70. The van der Waals surface area contributed by atoms with Gasteiger partial charge in [0.25, 0.3) is 0 Å². The summed E-state index contributed by atoms with van der Waals surface area (Å²) in [4.78, 5) is 17.9. The first-order valence-corrected chi connectivity index (χ1v) is 9.13. The van der Waals surface area contributed by atoms with Crippen molar-refractivity contribution in [1.29, 1.82) is 0 Å². The van der Waals surface area contributed by atoms with Crippen LogP contribution < -0.4 is 11.1 Å². The minimum Gasteiger partial charge on any atom is -0.450 e. The van der Waals surface area contributed by atoms with E-state index in [1.165, 1.54) is 18.6 Å². The molecule has 2 aliphatic heterocycles. The van der Waals surface area contributed by atoms with Gasteiger partial charge < -0.3 is 20.7 Å². The van der Waals surface area contributed by atoms with Gasteiger partial charge in [0.1, 0.15) is 0 Å². The maximum absolute atomic E-state index is 11.6. The lowest BCUT2D eigenvalue weighted by Gasteiger charge is -2.32. The number of ether oxygens (including phenoxy) is 1. The zero-order valence-corrected chi connectivity index (χ0v) is 17.2. The molecule has 8 heteroatoms. The van der Waals surface area contributed by atoms with Crippen LogP contribution in [0.5, 0.6) is 0 Å². The van der Waals surface area contributed by atoms with Crippen LogP contribution in [0.2, 0.25) is 0 Å². The summed E-state index contributed by atoms with van der Waals surface area (Å²) in [5.41, 5.74) is 6.01. The zero-order chi connectivity index (χ0) is 16.0. The van der Waals surface area contributed by atoms with Crippen molar-refractivity contribution in [2.45, 2.75) is 50.3 Å². The highest BCUT2D eigenvalue weighted by atomic mass is 127. The van der Waals surface area contributed by atoms with Crippen LogP contribution in [0.4, 0.5) is 4.79 Å². The zero-order valence-electron chi connectivity index (χ0n) is 14.0. The van der Waals surface area contributed by atoms with E-state index in [1.807, 2.05) is 18.7 Å². The summed E-state index contributed by atoms with van der Waals surface area (Å²) in [5.74, 6) is 1.76. The summed E-state index contributed by atoms with van der Waals surface area (Å²) < 4.78 is 5.27. The third-order valence-electron chi connectivity index (χ3n) is 4.26. The quantitative estimate of drug-likeness (QED) is 0.386. The second kappa shape index (κ2) is 9.80. The number of aliphatic imine (C=N–C) groups is 1. The van der Waals surface area contributed by atoms with Crippen LogP contribution >= 0.6 is 35.7 Å². The van der Waals surface area contributed by atoms with Crippen LogP contribution in [0.3, 0.4) is 0 Å². The monoisotopic (exact) mass is 456 g/mol. The van der Waals surface area contributed by atoms with E-state index >= 15 is 0 Å². The Hall–Kier alpha value is -0.380. The van der Waals surface area contributed by atoms with Crippen LogP contribution in [-0.2, 0) is 4.74 Å². The smallest absolute Gasteiger partial charge is 0.409 e. The first-order chi connectivity index (χ1) is 10.5. The standard InChI is InChI=1S/C15H28N4O2S.HI/c1-3-21-14(20)19-8-5-12(6-9-19)18-13(16)17-11-15(2)7-4-10-22-15;/h12H,3-11H2,1-2H3,(H3,16,17,18);1H. The molecule has 0 aromatic rings. The Morgan fingerprint density at radius 1 is 1.48 bits per heavy atom. The predicted molar refractivity (Wildman–Crippen MR) is 107 cm³/mol. The van der Waals surface area contributed by atoms with Gasteiger partial charge in [-0.15, -0.1) is 24.0 Å². The van der Waals surface area contributed by atoms with Crippen LogP contribution in [-0.4, -0.2) is 59.7 Å². The van der Waals surface area contributed by atoms with E-state index in [0.29, 0.717) is 31.7 Å². The molecule has 2 fully saturated rings. The van der Waals surface area contributed by atoms with Gasteiger partial charge in [0.2, 0.25) is 0 Å². The second-order valence-electron chi connectivity index (χ2n) is 6.21. The van der Waals surface area contributed by atoms with Crippen molar-refractivity contribution in [3.05, 3.63) is 0 Å². The van der Waals surface area contributed by atoms with E-state index in [4.69, 9.17) is 10.5 Å². The number of nitrogens with two attached hydrogens (primary N) is 1. The van der Waals surface area contributed by atoms with Gasteiger partial charge in [0.05, 0.1) is 13.2 Å². The number of likely N-dealkylation sites (tertiary alicyclic amines) is 1. The first-order valence-electron chi connectivity index (χ1n) is 8.14. The highest BCUT2D eigenvalue weighted by molar-refractivity contribution is 14.0. The molecule has 2 rings (SSSR count). The summed E-state index contributed by atoms with van der Waals surface area (Å²) in [5, 5.41) is 3.29. The number of thioether (sulfide) groups is 1. The molecule has 0 aromatic heterocycles. The van der Waals surface area contributed by atoms with Crippen LogP contribution in [0, 0.1) is 0 Å². The van der Waals surface area contributed by atoms with Crippen LogP contribution in [0.15, 0.2) is 4.99 Å². The van der Waals surface area contributed by atoms with Crippen molar-refractivity contribution in [2.75, 3.05) is 32.0 Å². The Bertz CT molecular complexity index is 408. The van der Waals surface area contributed by atoms with Gasteiger partial charge in [-0.2, -0.15) is 11.8 Å². The Morgan fingerprint density at radius 2 is 2.17 bits per heavy atom. The van der Waals surface area contributed by atoms with Crippen molar-refractivity contribution >= 4 is 47.8 Å². The fourth-order valence-electron chi connectivity index (χ4n) is 2.89. The SMILES string of the molecule is CCOC(=O)N1CCC(NC(N)=NCC2(C)CCCS2)CC1.I. The van der Waals surface area contributed by atoms with Crippen molar-refractivity contribution < 1.29 is 9.53 Å². The number of nitrogens with one attached hydrogen (secondary N) is 1. The van der Waals surface area contributed by atoms with E-state index in [9.17, 15) is 4.79 Å². The molecule has 134 valence electrons. The van der Waals surface area contributed by atoms with E-state index in [1.54, 1.807) is 4.90 Å². The highest BCUT2D eigenvalue weighted by Crippen LogP contribution is 2.37. The van der Waals surface area contributed by atoms with Crippen molar-refractivity contribution in [1.82, 2.24) is 10.2 Å². The summed E-state index contributed by atoms with van der Waals surface area (Å²) in [7, 11) is 0. The third kappa shape index (κ3) is 6.56. The Morgan fingerprint density at radius 3 is 2.74 bits per heavy atom. The number of carbonyl (C=O) groups excluding carboxylic acids is 1.